The van der Waals surface area contributed by atoms with Crippen LogP contribution in [0.5, 0.6) is 0 Å². The Hall–Kier alpha value is -3.83. The molecule has 4 aromatic rings. The van der Waals surface area contributed by atoms with E-state index < -0.39 is 11.6 Å². The number of aromatic amines is 1. The van der Waals surface area contributed by atoms with E-state index in [0.717, 1.165) is 0 Å². The number of carbonyl (C=O) groups excluding carboxylic acids is 1. The van der Waals surface area contributed by atoms with Gasteiger partial charge in [0.1, 0.15) is 17.2 Å². The van der Waals surface area contributed by atoms with Gasteiger partial charge in [-0.3, -0.25) is 9.89 Å². The van der Waals surface area contributed by atoms with Crippen molar-refractivity contribution in [2.24, 2.45) is 0 Å². The Labute approximate surface area is 247 Å². The molecule has 1 amide bonds. The van der Waals surface area contributed by atoms with E-state index in [0.29, 0.717) is 66.0 Å². The Balaban J connectivity index is 1.55. The minimum atomic E-state index is -0.722. The lowest BCUT2D eigenvalue weighted by Gasteiger charge is -2.45. The quantitative estimate of drug-likeness (QED) is 0.333. The zero-order valence-corrected chi connectivity index (χ0v) is 25.0. The minimum absolute atomic E-state index is 0.0417. The van der Waals surface area contributed by atoms with Gasteiger partial charge in [0.2, 0.25) is 11.9 Å². The zero-order chi connectivity index (χ0) is 30.0. The molecule has 0 bridgehead atoms. The van der Waals surface area contributed by atoms with Crippen LogP contribution >= 0.6 is 11.6 Å². The van der Waals surface area contributed by atoms with Crippen LogP contribution in [0.3, 0.4) is 0 Å². The Morgan fingerprint density at radius 3 is 2.55 bits per heavy atom. The number of anilines is 2. The van der Waals surface area contributed by atoms with Crippen LogP contribution in [0.4, 0.5) is 20.5 Å². The summed E-state index contributed by atoms with van der Waals surface area (Å²) in [6.07, 6.45) is 1.32. The van der Waals surface area contributed by atoms with Crippen LogP contribution < -0.4 is 9.80 Å². The average molecular weight is 595 g/mol. The summed E-state index contributed by atoms with van der Waals surface area (Å²) >= 11 is 6.80. The van der Waals surface area contributed by atoms with Gasteiger partial charge in [0.05, 0.1) is 10.5 Å². The Morgan fingerprint density at radius 1 is 1.12 bits per heavy atom. The van der Waals surface area contributed by atoms with Crippen molar-refractivity contribution in [3.05, 3.63) is 53.2 Å². The van der Waals surface area contributed by atoms with E-state index >= 15 is 8.78 Å². The molecule has 2 fully saturated rings. The molecule has 1 N–H and O–H groups in total. The number of aromatic nitrogens is 4. The van der Waals surface area contributed by atoms with Gasteiger partial charge in [-0.1, -0.05) is 18.2 Å². The first-order valence-corrected chi connectivity index (χ1v) is 14.3. The van der Waals surface area contributed by atoms with E-state index in [4.69, 9.17) is 21.6 Å². The third-order valence-corrected chi connectivity index (χ3v) is 8.84. The van der Waals surface area contributed by atoms with Gasteiger partial charge in [-0.05, 0) is 59.1 Å². The molecule has 2 aliphatic rings. The lowest BCUT2D eigenvalue weighted by Crippen LogP contribution is -2.59. The Bertz CT molecular complexity index is 1730. The predicted molar refractivity (Wildman–Crippen MR) is 162 cm³/mol. The number of benzene rings is 2. The number of piperazine rings is 1. The van der Waals surface area contributed by atoms with Crippen LogP contribution in [-0.2, 0) is 4.79 Å². The second-order valence-electron chi connectivity index (χ2n) is 11.5. The third kappa shape index (κ3) is 4.46. The molecular formula is C30H33ClF2N8O. The first-order chi connectivity index (χ1) is 20.0. The smallest absolute Gasteiger partial charge is 0.246 e. The number of hydrogen-bond acceptors (Lipinski definition) is 7. The SMILES string of the molecule is C=CC(=O)N1C[C@H](C)N(c2nc(N3CC(N(C)C)C3)nc3c(F)c(-c4c(F)ccc5n[nH]c(C)c45)c(Cl)cc23)C[C@H]1C. The molecule has 12 heteroatoms. The second-order valence-corrected chi connectivity index (χ2v) is 11.9. The molecule has 2 atom stereocenters. The largest absolute Gasteiger partial charge is 0.349 e. The van der Waals surface area contributed by atoms with Crippen molar-refractivity contribution in [3.8, 4) is 11.1 Å². The van der Waals surface area contributed by atoms with Crippen LogP contribution in [0.1, 0.15) is 19.5 Å². The van der Waals surface area contributed by atoms with Crippen LogP contribution in [0.25, 0.3) is 32.9 Å². The topological polar surface area (TPSA) is 84.5 Å². The van der Waals surface area contributed by atoms with Crippen molar-refractivity contribution in [2.75, 3.05) is 50.1 Å². The zero-order valence-electron chi connectivity index (χ0n) is 24.2. The summed E-state index contributed by atoms with van der Waals surface area (Å²) in [6, 6.07) is 4.48. The van der Waals surface area contributed by atoms with Gasteiger partial charge in [0, 0.05) is 71.9 Å². The van der Waals surface area contributed by atoms with Gasteiger partial charge in [0.25, 0.3) is 0 Å². The number of hydrogen-bond donors (Lipinski definition) is 1. The van der Waals surface area contributed by atoms with Crippen molar-refractivity contribution < 1.29 is 13.6 Å². The fourth-order valence-electron chi connectivity index (χ4n) is 6.03. The lowest BCUT2D eigenvalue weighted by atomic mass is 9.97. The molecule has 4 heterocycles. The van der Waals surface area contributed by atoms with Gasteiger partial charge in [-0.15, -0.1) is 0 Å². The number of aryl methyl sites for hydroxylation is 1. The average Bonchev–Trinajstić information content (AvgIpc) is 3.30. The fraction of sp³-hybridized carbons (Fsp3) is 0.400. The highest BCUT2D eigenvalue weighted by atomic mass is 35.5. The molecule has 0 unspecified atom stereocenters. The highest BCUT2D eigenvalue weighted by Gasteiger charge is 2.36. The molecule has 0 aliphatic carbocycles. The predicted octanol–water partition coefficient (Wildman–Crippen LogP) is 4.77. The van der Waals surface area contributed by atoms with Crippen molar-refractivity contribution in [1.82, 2.24) is 30.0 Å². The van der Waals surface area contributed by atoms with Gasteiger partial charge < -0.3 is 19.6 Å². The summed E-state index contributed by atoms with van der Waals surface area (Å²) in [7, 11) is 4.03. The number of likely N-dealkylation sites (N-methyl/N-ethyl adjacent to an activating group) is 1. The molecule has 2 aromatic carbocycles. The summed E-state index contributed by atoms with van der Waals surface area (Å²) < 4.78 is 32.2. The van der Waals surface area contributed by atoms with Crippen molar-refractivity contribution in [3.63, 3.8) is 0 Å². The number of amides is 1. The van der Waals surface area contributed by atoms with Gasteiger partial charge in [0.15, 0.2) is 5.82 Å². The number of carbonyl (C=O) groups is 1. The normalized spacial score (nSPS) is 19.7. The molecule has 2 aromatic heterocycles. The fourth-order valence-corrected chi connectivity index (χ4v) is 6.32. The number of nitrogens with zero attached hydrogens (tertiary/aromatic N) is 7. The van der Waals surface area contributed by atoms with Crippen molar-refractivity contribution >= 4 is 51.1 Å². The monoisotopic (exact) mass is 594 g/mol. The number of H-pyrrole nitrogens is 1. The molecule has 0 saturated carbocycles. The molecule has 220 valence electrons. The third-order valence-electron chi connectivity index (χ3n) is 8.54. The van der Waals surface area contributed by atoms with Crippen molar-refractivity contribution in [1.29, 1.82) is 0 Å². The molecule has 0 spiro atoms. The molecule has 0 radical (unpaired) electrons. The summed E-state index contributed by atoms with van der Waals surface area (Å²) in [4.78, 5) is 30.1. The van der Waals surface area contributed by atoms with E-state index in [9.17, 15) is 4.79 Å². The highest BCUT2D eigenvalue weighted by Crippen LogP contribution is 2.43. The second kappa shape index (κ2) is 10.5. The molecular weight excluding hydrogens is 562 g/mol. The van der Waals surface area contributed by atoms with E-state index in [2.05, 4.69) is 26.6 Å². The molecule has 9 nitrogen and oxygen atoms in total. The summed E-state index contributed by atoms with van der Waals surface area (Å²) in [5.41, 5.74) is 1.15. The van der Waals surface area contributed by atoms with Gasteiger partial charge in [-0.25, -0.2) is 13.8 Å². The Morgan fingerprint density at radius 2 is 1.86 bits per heavy atom. The maximum absolute atomic E-state index is 16.8. The summed E-state index contributed by atoms with van der Waals surface area (Å²) in [6.45, 7) is 11.6. The van der Waals surface area contributed by atoms with Crippen LogP contribution in [0, 0.1) is 18.6 Å². The molecule has 2 aliphatic heterocycles. The number of halogens is 3. The summed E-state index contributed by atoms with van der Waals surface area (Å²) in [5.74, 6) is -0.546. The maximum Gasteiger partial charge on any atom is 0.246 e. The van der Waals surface area contributed by atoms with Crippen LogP contribution in [-0.4, -0.2) is 94.3 Å². The number of fused-ring (bicyclic) bond motifs is 2. The number of rotatable bonds is 5. The first kappa shape index (κ1) is 28.3. The van der Waals surface area contributed by atoms with Crippen LogP contribution in [0.2, 0.25) is 5.02 Å². The maximum atomic E-state index is 16.8. The van der Waals surface area contributed by atoms with Crippen molar-refractivity contribution in [2.45, 2.75) is 38.9 Å². The lowest BCUT2D eigenvalue weighted by molar-refractivity contribution is -0.128. The van der Waals surface area contributed by atoms with E-state index in [1.807, 2.05) is 32.8 Å². The van der Waals surface area contributed by atoms with Crippen LogP contribution in [0.15, 0.2) is 30.9 Å². The number of nitrogens with one attached hydrogen (secondary N) is 1. The molecule has 2 saturated heterocycles. The van der Waals surface area contributed by atoms with E-state index in [-0.39, 0.29) is 39.7 Å². The standard InChI is InChI=1S/C30H33ClF2N8O/c1-7-23(42)40-11-16(3)41(12-15(40)2)29-19-10-20(31)25(26-21(32)8-9-22-24(26)17(4)36-37-22)27(33)28(19)34-30(35-29)39-13-18(14-39)38(5)6/h7-10,15-16,18H,1,11-14H2,2-6H3,(H,36,37)/t15-,16+/m1/s1. The van der Waals surface area contributed by atoms with Gasteiger partial charge in [-0.2, -0.15) is 10.1 Å². The molecule has 42 heavy (non-hydrogen) atoms. The summed E-state index contributed by atoms with van der Waals surface area (Å²) in [5, 5.41) is 8.02. The van der Waals surface area contributed by atoms with Gasteiger partial charge >= 0.3 is 0 Å². The molecule has 6 rings (SSSR count). The van der Waals surface area contributed by atoms with E-state index in [1.165, 1.54) is 12.1 Å². The highest BCUT2D eigenvalue weighted by molar-refractivity contribution is 6.35. The minimum Gasteiger partial charge on any atom is -0.349 e. The Kier molecular flexibility index (Phi) is 7.05. The van der Waals surface area contributed by atoms with E-state index in [1.54, 1.807) is 24.0 Å². The first-order valence-electron chi connectivity index (χ1n) is 13.9.